The van der Waals surface area contributed by atoms with E-state index in [4.69, 9.17) is 4.74 Å². The number of rotatable bonds is 2. The third-order valence-corrected chi connectivity index (χ3v) is 7.21. The lowest BCUT2D eigenvalue weighted by molar-refractivity contribution is -0.0791. The largest absolute Gasteiger partial charge is 0.368 e. The number of hydrogen-bond acceptors (Lipinski definition) is 6. The van der Waals surface area contributed by atoms with E-state index in [1.807, 2.05) is 6.07 Å². The molecule has 29 heavy (non-hydrogen) atoms. The minimum Gasteiger partial charge on any atom is -0.368 e. The SMILES string of the molecule is Cc1ncc(S(C)(=O)=O)c(N2CCC3(CC2)OCCc2c3[nH]c3ccccc23)n1. The molecule has 3 aromatic rings. The maximum atomic E-state index is 12.2. The Kier molecular flexibility index (Phi) is 4.18. The molecular formula is C21H24N4O3S. The Balaban J connectivity index is 1.49. The Labute approximate surface area is 170 Å². The van der Waals surface area contributed by atoms with Gasteiger partial charge in [-0.3, -0.25) is 0 Å². The second-order valence-corrected chi connectivity index (χ2v) is 9.97. The maximum absolute atomic E-state index is 12.2. The van der Waals surface area contributed by atoms with E-state index in [1.54, 1.807) is 6.92 Å². The van der Waals surface area contributed by atoms with Crippen LogP contribution in [0.25, 0.3) is 10.9 Å². The van der Waals surface area contributed by atoms with E-state index in [-0.39, 0.29) is 10.5 Å². The lowest BCUT2D eigenvalue weighted by atomic mass is 9.83. The lowest BCUT2D eigenvalue weighted by Crippen LogP contribution is -2.47. The fraction of sp³-hybridized carbons (Fsp3) is 0.429. The Morgan fingerprint density at radius 1 is 1.21 bits per heavy atom. The Morgan fingerprint density at radius 3 is 2.72 bits per heavy atom. The van der Waals surface area contributed by atoms with Gasteiger partial charge >= 0.3 is 0 Å². The number of aryl methyl sites for hydroxylation is 1. The first kappa shape index (κ1) is 18.6. The Morgan fingerprint density at radius 2 is 1.97 bits per heavy atom. The third-order valence-electron chi connectivity index (χ3n) is 6.13. The zero-order chi connectivity index (χ0) is 20.2. The average molecular weight is 413 g/mol. The monoisotopic (exact) mass is 412 g/mol. The van der Waals surface area contributed by atoms with E-state index in [9.17, 15) is 8.42 Å². The summed E-state index contributed by atoms with van der Waals surface area (Å²) in [5.41, 5.74) is 3.34. The summed E-state index contributed by atoms with van der Waals surface area (Å²) in [5, 5.41) is 1.28. The lowest BCUT2D eigenvalue weighted by Gasteiger charge is -2.44. The number of para-hydroxylation sites is 1. The molecule has 2 aromatic heterocycles. The summed E-state index contributed by atoms with van der Waals surface area (Å²) in [4.78, 5) is 14.4. The second kappa shape index (κ2) is 6.53. The van der Waals surface area contributed by atoms with Gasteiger partial charge in [-0.15, -0.1) is 0 Å². The molecule has 1 spiro atoms. The number of aromatic nitrogens is 3. The number of sulfone groups is 1. The van der Waals surface area contributed by atoms with Gasteiger partial charge in [0.2, 0.25) is 0 Å². The van der Waals surface area contributed by atoms with E-state index >= 15 is 0 Å². The molecule has 0 atom stereocenters. The van der Waals surface area contributed by atoms with Crippen molar-refractivity contribution in [1.29, 1.82) is 0 Å². The van der Waals surface area contributed by atoms with Crippen molar-refractivity contribution in [2.24, 2.45) is 0 Å². The minimum absolute atomic E-state index is 0.190. The molecule has 8 heteroatoms. The minimum atomic E-state index is -3.40. The van der Waals surface area contributed by atoms with Gasteiger partial charge in [0.15, 0.2) is 15.7 Å². The van der Waals surface area contributed by atoms with Crippen LogP contribution in [0, 0.1) is 6.92 Å². The van der Waals surface area contributed by atoms with E-state index < -0.39 is 9.84 Å². The molecule has 7 nitrogen and oxygen atoms in total. The van der Waals surface area contributed by atoms with Crippen molar-refractivity contribution in [3.8, 4) is 0 Å². The molecule has 1 saturated heterocycles. The van der Waals surface area contributed by atoms with E-state index in [1.165, 1.54) is 29.1 Å². The highest BCUT2D eigenvalue weighted by atomic mass is 32.2. The highest BCUT2D eigenvalue weighted by molar-refractivity contribution is 7.90. The van der Waals surface area contributed by atoms with Crippen molar-refractivity contribution < 1.29 is 13.2 Å². The Bertz CT molecular complexity index is 1190. The van der Waals surface area contributed by atoms with Gasteiger partial charge in [-0.1, -0.05) is 18.2 Å². The first-order valence-electron chi connectivity index (χ1n) is 9.90. The summed E-state index contributed by atoms with van der Waals surface area (Å²) >= 11 is 0. The number of aromatic amines is 1. The van der Waals surface area contributed by atoms with Crippen LogP contribution in [0.3, 0.4) is 0 Å². The first-order valence-corrected chi connectivity index (χ1v) is 11.8. The topological polar surface area (TPSA) is 88.2 Å². The highest BCUT2D eigenvalue weighted by Gasteiger charge is 2.43. The van der Waals surface area contributed by atoms with Crippen LogP contribution in [0.1, 0.15) is 29.9 Å². The van der Waals surface area contributed by atoms with Crippen LogP contribution < -0.4 is 4.90 Å². The molecule has 5 rings (SSSR count). The molecule has 0 bridgehead atoms. The number of piperidine rings is 1. The van der Waals surface area contributed by atoms with Crippen LogP contribution in [-0.4, -0.2) is 49.3 Å². The van der Waals surface area contributed by atoms with Crippen LogP contribution in [0.5, 0.6) is 0 Å². The predicted octanol–water partition coefficient (Wildman–Crippen LogP) is 2.74. The molecule has 2 aliphatic rings. The predicted molar refractivity (Wildman–Crippen MR) is 111 cm³/mol. The molecule has 0 unspecified atom stereocenters. The van der Waals surface area contributed by atoms with Crippen LogP contribution >= 0.6 is 0 Å². The van der Waals surface area contributed by atoms with E-state index in [2.05, 4.69) is 38.1 Å². The summed E-state index contributed by atoms with van der Waals surface area (Å²) in [5.74, 6) is 1.07. The molecule has 1 aromatic carbocycles. The van der Waals surface area contributed by atoms with Crippen LogP contribution in [0.4, 0.5) is 5.82 Å². The number of fused-ring (bicyclic) bond motifs is 4. The fourth-order valence-corrected chi connectivity index (χ4v) is 5.43. The number of benzene rings is 1. The maximum Gasteiger partial charge on any atom is 0.180 e. The summed E-state index contributed by atoms with van der Waals surface area (Å²) < 4.78 is 30.8. The zero-order valence-electron chi connectivity index (χ0n) is 16.6. The summed E-state index contributed by atoms with van der Waals surface area (Å²) in [6.45, 7) is 3.83. The molecule has 152 valence electrons. The standard InChI is InChI=1S/C21H24N4O3S/c1-14-22-13-18(29(2,26)27)20(23-14)25-10-8-21(9-11-25)19-16(7-12-28-21)15-5-3-4-6-17(15)24-19/h3-6,13,24H,7-12H2,1-2H3. The molecule has 2 aliphatic heterocycles. The van der Waals surface area contributed by atoms with Gasteiger partial charge in [0.25, 0.3) is 0 Å². The summed E-state index contributed by atoms with van der Waals surface area (Å²) in [6, 6.07) is 8.40. The van der Waals surface area contributed by atoms with Crippen molar-refractivity contribution in [2.75, 3.05) is 30.9 Å². The number of ether oxygens (including phenoxy) is 1. The fourth-order valence-electron chi connectivity index (χ4n) is 4.68. The highest BCUT2D eigenvalue weighted by Crippen LogP contribution is 2.44. The van der Waals surface area contributed by atoms with Gasteiger partial charge in [-0.2, -0.15) is 0 Å². The molecule has 0 amide bonds. The van der Waals surface area contributed by atoms with Crippen molar-refractivity contribution >= 4 is 26.6 Å². The first-order chi connectivity index (χ1) is 13.9. The second-order valence-electron chi connectivity index (χ2n) is 7.98. The van der Waals surface area contributed by atoms with Crippen LogP contribution in [-0.2, 0) is 26.6 Å². The van der Waals surface area contributed by atoms with Gasteiger partial charge in [0.1, 0.15) is 16.3 Å². The quantitative estimate of drug-likeness (QED) is 0.696. The van der Waals surface area contributed by atoms with Gasteiger partial charge in [0.05, 0.1) is 18.5 Å². The van der Waals surface area contributed by atoms with Gasteiger partial charge in [0, 0.05) is 30.2 Å². The van der Waals surface area contributed by atoms with Gasteiger partial charge in [-0.05, 0) is 37.8 Å². The number of hydrogen-bond donors (Lipinski definition) is 1. The van der Waals surface area contributed by atoms with E-state index in [0.717, 1.165) is 24.8 Å². The molecule has 0 saturated carbocycles. The van der Waals surface area contributed by atoms with Crippen molar-refractivity contribution in [2.45, 2.75) is 36.7 Å². The van der Waals surface area contributed by atoms with E-state index in [0.29, 0.717) is 31.3 Å². The molecule has 0 radical (unpaired) electrons. The van der Waals surface area contributed by atoms with Gasteiger partial charge in [-0.25, -0.2) is 18.4 Å². The number of anilines is 1. The number of nitrogens with one attached hydrogen (secondary N) is 1. The van der Waals surface area contributed by atoms with Crippen LogP contribution in [0.2, 0.25) is 0 Å². The number of nitrogens with zero attached hydrogens (tertiary/aromatic N) is 3. The van der Waals surface area contributed by atoms with Crippen molar-refractivity contribution in [3.05, 3.63) is 47.5 Å². The zero-order valence-corrected chi connectivity index (χ0v) is 17.4. The third kappa shape index (κ3) is 3.02. The molecular weight excluding hydrogens is 388 g/mol. The summed E-state index contributed by atoms with van der Waals surface area (Å²) in [7, 11) is -3.40. The van der Waals surface area contributed by atoms with Crippen molar-refractivity contribution in [1.82, 2.24) is 15.0 Å². The molecule has 1 N–H and O–H groups in total. The van der Waals surface area contributed by atoms with Crippen LogP contribution in [0.15, 0.2) is 35.4 Å². The Hall–Kier alpha value is -2.45. The smallest absolute Gasteiger partial charge is 0.180 e. The molecule has 0 aliphatic carbocycles. The summed E-state index contributed by atoms with van der Waals surface area (Å²) in [6.07, 6.45) is 5.09. The van der Waals surface area contributed by atoms with Crippen molar-refractivity contribution in [3.63, 3.8) is 0 Å². The molecule has 1 fully saturated rings. The number of H-pyrrole nitrogens is 1. The average Bonchev–Trinajstić information content (AvgIpc) is 3.08. The normalized spacial score (nSPS) is 18.9. The molecule has 4 heterocycles. The van der Waals surface area contributed by atoms with Gasteiger partial charge < -0.3 is 14.6 Å².